The maximum absolute atomic E-state index is 12.2. The van der Waals surface area contributed by atoms with E-state index in [1.165, 1.54) is 37.1 Å². The molecule has 1 amide bonds. The van der Waals surface area contributed by atoms with E-state index in [0.717, 1.165) is 6.42 Å². The van der Waals surface area contributed by atoms with Crippen LogP contribution in [0.5, 0.6) is 0 Å². The third-order valence-electron chi connectivity index (χ3n) is 5.07. The quantitative estimate of drug-likeness (QED) is 0.436. The minimum Gasteiger partial charge on any atom is -0.358 e. The van der Waals surface area contributed by atoms with Crippen molar-refractivity contribution in [3.63, 3.8) is 0 Å². The van der Waals surface area contributed by atoms with Crippen LogP contribution < -0.4 is 20.9 Å². The van der Waals surface area contributed by atoms with E-state index in [9.17, 15) is 13.2 Å². The molecule has 0 aliphatic heterocycles. The minimum atomic E-state index is -3.53. The molecule has 0 unspecified atom stereocenters. The highest BCUT2D eigenvalue weighted by atomic mass is 32.2. The molecule has 4 N–H and O–H groups in total. The molecular formula is C18H28N4O3S2. The van der Waals surface area contributed by atoms with Gasteiger partial charge < -0.3 is 5.32 Å². The zero-order valence-electron chi connectivity index (χ0n) is 15.9. The van der Waals surface area contributed by atoms with Gasteiger partial charge >= 0.3 is 0 Å². The van der Waals surface area contributed by atoms with Gasteiger partial charge in [0.15, 0.2) is 5.11 Å². The summed E-state index contributed by atoms with van der Waals surface area (Å²) < 4.78 is 26.2. The van der Waals surface area contributed by atoms with Crippen LogP contribution in [0.1, 0.15) is 50.4 Å². The molecule has 150 valence electrons. The molecule has 0 heterocycles. The fourth-order valence-electron chi connectivity index (χ4n) is 3.23. The highest BCUT2D eigenvalue weighted by molar-refractivity contribution is 7.89. The molecule has 1 aromatic rings. The van der Waals surface area contributed by atoms with Crippen molar-refractivity contribution >= 4 is 33.3 Å². The first-order chi connectivity index (χ1) is 12.7. The third-order valence-corrected chi connectivity index (χ3v) is 6.86. The number of amides is 1. The summed E-state index contributed by atoms with van der Waals surface area (Å²) in [6.07, 6.45) is 3.46. The Morgan fingerprint density at radius 3 is 2.44 bits per heavy atom. The second kappa shape index (κ2) is 9.48. The zero-order chi connectivity index (χ0) is 20.0. The Kier molecular flexibility index (Phi) is 7.58. The number of carbonyl (C=O) groups is 1. The summed E-state index contributed by atoms with van der Waals surface area (Å²) in [7, 11) is -3.53. The first-order valence-electron chi connectivity index (χ1n) is 9.21. The van der Waals surface area contributed by atoms with E-state index in [1.807, 2.05) is 0 Å². The maximum atomic E-state index is 12.2. The van der Waals surface area contributed by atoms with Crippen LogP contribution in [0.25, 0.3) is 0 Å². The molecule has 0 aromatic heterocycles. The molecule has 0 spiro atoms. The molecule has 3 atom stereocenters. The average Bonchev–Trinajstić information content (AvgIpc) is 2.63. The Morgan fingerprint density at radius 2 is 1.81 bits per heavy atom. The number of benzene rings is 1. The van der Waals surface area contributed by atoms with Crippen LogP contribution in [0.2, 0.25) is 0 Å². The van der Waals surface area contributed by atoms with Crippen LogP contribution in [-0.4, -0.2) is 32.0 Å². The van der Waals surface area contributed by atoms with Crippen LogP contribution >= 0.6 is 12.2 Å². The van der Waals surface area contributed by atoms with Crippen molar-refractivity contribution in [3.8, 4) is 0 Å². The molecule has 1 aromatic carbocycles. The van der Waals surface area contributed by atoms with E-state index in [4.69, 9.17) is 12.2 Å². The number of hydrogen-bond donors (Lipinski definition) is 4. The number of nitrogens with one attached hydrogen (secondary N) is 4. The lowest BCUT2D eigenvalue weighted by Gasteiger charge is -2.35. The largest absolute Gasteiger partial charge is 0.358 e. The standard InChI is InChI=1S/C18H28N4O3S2/c1-4-19-27(24,25)15-10-8-14(9-11-15)17(23)21-22-18(26)20-16-7-5-6-12(2)13(16)3/h8-13,16,19H,4-7H2,1-3H3,(H,21,23)(H2,20,22,26)/t12-,13-,16-/m0/s1. The van der Waals surface area contributed by atoms with E-state index < -0.39 is 15.9 Å². The lowest BCUT2D eigenvalue weighted by molar-refractivity contribution is 0.0943. The van der Waals surface area contributed by atoms with E-state index >= 15 is 0 Å². The predicted octanol–water partition coefficient (Wildman–Crippen LogP) is 1.92. The van der Waals surface area contributed by atoms with Gasteiger partial charge in [0.05, 0.1) is 4.90 Å². The highest BCUT2D eigenvalue weighted by Gasteiger charge is 2.27. The van der Waals surface area contributed by atoms with Crippen LogP contribution in [-0.2, 0) is 10.0 Å². The molecule has 1 aliphatic carbocycles. The van der Waals surface area contributed by atoms with Gasteiger partial charge in [0.2, 0.25) is 10.0 Å². The van der Waals surface area contributed by atoms with Gasteiger partial charge in [0.25, 0.3) is 5.91 Å². The van der Waals surface area contributed by atoms with Crippen molar-refractivity contribution in [2.45, 2.75) is 51.0 Å². The molecule has 1 saturated carbocycles. The minimum absolute atomic E-state index is 0.117. The number of rotatable bonds is 5. The van der Waals surface area contributed by atoms with Gasteiger partial charge in [-0.15, -0.1) is 0 Å². The SMILES string of the molecule is CCNS(=O)(=O)c1ccc(C(=O)NNC(=S)N[C@H]2CCC[C@H](C)[C@@H]2C)cc1. The predicted molar refractivity (Wildman–Crippen MR) is 110 cm³/mol. The molecule has 7 nitrogen and oxygen atoms in total. The van der Waals surface area contributed by atoms with E-state index in [2.05, 4.69) is 34.7 Å². The maximum Gasteiger partial charge on any atom is 0.269 e. The Labute approximate surface area is 166 Å². The summed E-state index contributed by atoms with van der Waals surface area (Å²) in [6, 6.07) is 6.01. The van der Waals surface area contributed by atoms with Crippen molar-refractivity contribution in [2.24, 2.45) is 11.8 Å². The van der Waals surface area contributed by atoms with E-state index in [0.29, 0.717) is 35.1 Å². The molecular weight excluding hydrogens is 384 g/mol. The Balaban J connectivity index is 1.87. The summed E-state index contributed by atoms with van der Waals surface area (Å²) in [5.74, 6) is 0.766. The molecule has 1 fully saturated rings. The molecule has 0 bridgehead atoms. The molecule has 0 saturated heterocycles. The lowest BCUT2D eigenvalue weighted by Crippen LogP contribution is -2.52. The fraction of sp³-hybridized carbons (Fsp3) is 0.556. The van der Waals surface area contributed by atoms with Crippen LogP contribution in [0, 0.1) is 11.8 Å². The highest BCUT2D eigenvalue weighted by Crippen LogP contribution is 2.29. The van der Waals surface area contributed by atoms with Gasteiger partial charge in [-0.2, -0.15) is 0 Å². The third kappa shape index (κ3) is 5.88. The Hall–Kier alpha value is -1.71. The van der Waals surface area contributed by atoms with Crippen LogP contribution in [0.15, 0.2) is 29.2 Å². The van der Waals surface area contributed by atoms with Gasteiger partial charge in [-0.3, -0.25) is 15.6 Å². The van der Waals surface area contributed by atoms with Gasteiger partial charge in [0, 0.05) is 18.2 Å². The first kappa shape index (κ1) is 21.6. The monoisotopic (exact) mass is 412 g/mol. The van der Waals surface area contributed by atoms with Crippen molar-refractivity contribution in [2.75, 3.05) is 6.54 Å². The average molecular weight is 413 g/mol. The number of carbonyl (C=O) groups excluding carboxylic acids is 1. The van der Waals surface area contributed by atoms with Gasteiger partial charge in [-0.05, 0) is 54.7 Å². The second-order valence-corrected chi connectivity index (χ2v) is 9.13. The van der Waals surface area contributed by atoms with Crippen molar-refractivity contribution in [1.82, 2.24) is 20.9 Å². The molecule has 2 rings (SSSR count). The summed E-state index contributed by atoms with van der Waals surface area (Å²) >= 11 is 5.27. The fourth-order valence-corrected chi connectivity index (χ4v) is 4.48. The van der Waals surface area contributed by atoms with Crippen LogP contribution in [0.4, 0.5) is 0 Å². The van der Waals surface area contributed by atoms with Crippen molar-refractivity contribution in [1.29, 1.82) is 0 Å². The summed E-state index contributed by atoms with van der Waals surface area (Å²) in [6.45, 7) is 6.47. The van der Waals surface area contributed by atoms with E-state index in [-0.39, 0.29) is 4.90 Å². The van der Waals surface area contributed by atoms with Gasteiger partial charge in [-0.1, -0.05) is 33.6 Å². The van der Waals surface area contributed by atoms with Gasteiger partial charge in [-0.25, -0.2) is 13.1 Å². The van der Waals surface area contributed by atoms with E-state index in [1.54, 1.807) is 6.92 Å². The Morgan fingerprint density at radius 1 is 1.15 bits per heavy atom. The van der Waals surface area contributed by atoms with Crippen molar-refractivity contribution in [3.05, 3.63) is 29.8 Å². The normalized spacial score (nSPS) is 22.7. The summed E-state index contributed by atoms with van der Waals surface area (Å²) in [4.78, 5) is 12.3. The lowest BCUT2D eigenvalue weighted by atomic mass is 9.78. The number of hydrogen-bond acceptors (Lipinski definition) is 4. The van der Waals surface area contributed by atoms with Crippen LogP contribution in [0.3, 0.4) is 0 Å². The number of hydrazine groups is 1. The Bertz CT molecular complexity index is 765. The molecule has 0 radical (unpaired) electrons. The molecule has 27 heavy (non-hydrogen) atoms. The summed E-state index contributed by atoms with van der Waals surface area (Å²) in [5, 5.41) is 3.64. The molecule has 1 aliphatic rings. The topological polar surface area (TPSA) is 99.3 Å². The smallest absolute Gasteiger partial charge is 0.269 e. The second-order valence-electron chi connectivity index (χ2n) is 6.95. The number of thiocarbonyl (C=S) groups is 1. The van der Waals surface area contributed by atoms with Crippen molar-refractivity contribution < 1.29 is 13.2 Å². The molecule has 9 heteroatoms. The van der Waals surface area contributed by atoms with Gasteiger partial charge in [0.1, 0.15) is 0 Å². The summed E-state index contributed by atoms with van der Waals surface area (Å²) in [5.41, 5.74) is 5.59. The first-order valence-corrected chi connectivity index (χ1v) is 11.1. The zero-order valence-corrected chi connectivity index (χ0v) is 17.5. The number of sulfonamides is 1.